The molecule has 0 radical (unpaired) electrons. The lowest BCUT2D eigenvalue weighted by atomic mass is 10.0. The number of ketones is 1. The molecule has 17 heavy (non-hydrogen) atoms. The first-order valence-corrected chi connectivity index (χ1v) is 5.87. The minimum Gasteiger partial charge on any atom is -0.481 e. The number of aliphatic carboxylic acids is 1. The quantitative estimate of drug-likeness (QED) is 0.674. The molecule has 0 heterocycles. The maximum Gasteiger partial charge on any atom is 0.303 e. The third kappa shape index (κ3) is 3.35. The Morgan fingerprint density at radius 1 is 1.18 bits per heavy atom. The van der Waals surface area contributed by atoms with Crippen molar-refractivity contribution in [3.05, 3.63) is 32.3 Å². The summed E-state index contributed by atoms with van der Waals surface area (Å²) in [4.78, 5) is 22.1. The van der Waals surface area contributed by atoms with E-state index in [2.05, 4.69) is 0 Å². The van der Waals surface area contributed by atoms with E-state index in [1.807, 2.05) is 0 Å². The number of rotatable bonds is 4. The Hall–Kier alpha value is -0.770. The van der Waals surface area contributed by atoms with Crippen LogP contribution in [0.25, 0.3) is 0 Å². The van der Waals surface area contributed by atoms with Gasteiger partial charge in [0.2, 0.25) is 0 Å². The highest BCUT2D eigenvalue weighted by Gasteiger charge is 2.17. The largest absolute Gasteiger partial charge is 0.481 e. The van der Waals surface area contributed by atoms with Gasteiger partial charge in [-0.05, 0) is 18.6 Å². The van der Waals surface area contributed by atoms with Gasteiger partial charge in [-0.2, -0.15) is 0 Å². The molecule has 0 amide bonds. The van der Waals surface area contributed by atoms with Crippen molar-refractivity contribution in [2.75, 3.05) is 0 Å². The van der Waals surface area contributed by atoms with Crippen LogP contribution in [-0.4, -0.2) is 16.9 Å². The van der Waals surface area contributed by atoms with Crippen LogP contribution in [0.3, 0.4) is 0 Å². The minimum absolute atomic E-state index is 0.115. The first kappa shape index (κ1) is 14.3. The maximum absolute atomic E-state index is 11.7. The van der Waals surface area contributed by atoms with Crippen molar-refractivity contribution in [2.24, 2.45) is 0 Å². The monoisotopic (exact) mass is 294 g/mol. The number of benzene rings is 1. The van der Waals surface area contributed by atoms with Gasteiger partial charge in [-0.15, -0.1) is 0 Å². The second-order valence-corrected chi connectivity index (χ2v) is 4.64. The fourth-order valence-electron chi connectivity index (χ4n) is 1.24. The van der Waals surface area contributed by atoms with Gasteiger partial charge in [0, 0.05) is 17.0 Å². The van der Waals surface area contributed by atoms with Gasteiger partial charge in [0.25, 0.3) is 0 Å². The summed E-state index contributed by atoms with van der Waals surface area (Å²) in [5, 5.41) is 9.16. The Bertz CT molecular complexity index is 483. The third-order valence-corrected chi connectivity index (χ3v) is 3.61. The van der Waals surface area contributed by atoms with Crippen molar-refractivity contribution >= 4 is 46.6 Å². The number of carbonyl (C=O) groups excluding carboxylic acids is 1. The topological polar surface area (TPSA) is 54.4 Å². The van der Waals surface area contributed by atoms with Gasteiger partial charge in [-0.3, -0.25) is 9.59 Å². The summed E-state index contributed by atoms with van der Waals surface area (Å²) in [5.41, 5.74) is 0.752. The number of hydrogen-bond donors (Lipinski definition) is 1. The lowest BCUT2D eigenvalue weighted by Gasteiger charge is -2.08. The van der Waals surface area contributed by atoms with E-state index in [1.165, 1.54) is 6.07 Å². The molecule has 0 aliphatic carbocycles. The van der Waals surface area contributed by atoms with E-state index in [0.717, 1.165) is 0 Å². The molecule has 6 heteroatoms. The average molecular weight is 296 g/mol. The molecule has 0 aliphatic rings. The Labute approximate surface area is 113 Å². The molecule has 1 rings (SSSR count). The highest BCUT2D eigenvalue weighted by Crippen LogP contribution is 2.34. The number of carboxylic acid groups (broad SMARTS) is 1. The summed E-state index contributed by atoms with van der Waals surface area (Å²) in [7, 11) is 0. The Morgan fingerprint density at radius 2 is 1.76 bits per heavy atom. The maximum atomic E-state index is 11.7. The first-order valence-electron chi connectivity index (χ1n) is 4.73. The second kappa shape index (κ2) is 5.71. The van der Waals surface area contributed by atoms with Gasteiger partial charge in [0.05, 0.1) is 16.5 Å². The van der Waals surface area contributed by atoms with Gasteiger partial charge in [0.15, 0.2) is 5.78 Å². The Kier molecular flexibility index (Phi) is 4.80. The predicted octanol–water partition coefficient (Wildman–Crippen LogP) is 4.00. The van der Waals surface area contributed by atoms with Crippen LogP contribution in [0.2, 0.25) is 15.1 Å². The molecular formula is C11H9Cl3O3. The number of halogens is 3. The van der Waals surface area contributed by atoms with Gasteiger partial charge in [0.1, 0.15) is 0 Å². The lowest BCUT2D eigenvalue weighted by Crippen LogP contribution is -2.05. The highest BCUT2D eigenvalue weighted by atomic mass is 35.5. The van der Waals surface area contributed by atoms with E-state index in [0.29, 0.717) is 10.6 Å². The van der Waals surface area contributed by atoms with E-state index in [1.54, 1.807) is 6.92 Å². The molecule has 0 unspecified atom stereocenters. The SMILES string of the molecule is Cc1c(Cl)cc(C(=O)CCC(=O)O)c(Cl)c1Cl. The molecule has 0 spiro atoms. The van der Waals surface area contributed by atoms with E-state index in [9.17, 15) is 9.59 Å². The van der Waals surface area contributed by atoms with Gasteiger partial charge >= 0.3 is 5.97 Å². The summed E-state index contributed by atoms with van der Waals surface area (Å²) in [5.74, 6) is -1.43. The molecule has 3 nitrogen and oxygen atoms in total. The van der Waals surface area contributed by atoms with Crippen LogP contribution in [0.1, 0.15) is 28.8 Å². The molecule has 1 aromatic rings. The van der Waals surface area contributed by atoms with Crippen molar-refractivity contribution in [3.8, 4) is 0 Å². The van der Waals surface area contributed by atoms with Crippen LogP contribution >= 0.6 is 34.8 Å². The summed E-state index contributed by atoms with van der Waals surface area (Å²) in [6, 6.07) is 1.41. The number of hydrogen-bond acceptors (Lipinski definition) is 2. The van der Waals surface area contributed by atoms with Crippen molar-refractivity contribution in [2.45, 2.75) is 19.8 Å². The zero-order valence-electron chi connectivity index (χ0n) is 8.89. The van der Waals surface area contributed by atoms with Crippen LogP contribution in [-0.2, 0) is 4.79 Å². The normalized spacial score (nSPS) is 10.4. The van der Waals surface area contributed by atoms with Gasteiger partial charge < -0.3 is 5.11 Å². The zero-order chi connectivity index (χ0) is 13.2. The van der Waals surface area contributed by atoms with Crippen LogP contribution in [0, 0.1) is 6.92 Å². The summed E-state index contributed by atoms with van der Waals surface area (Å²) < 4.78 is 0. The van der Waals surface area contributed by atoms with E-state index < -0.39 is 5.97 Å². The van der Waals surface area contributed by atoms with Crippen molar-refractivity contribution in [3.63, 3.8) is 0 Å². The van der Waals surface area contributed by atoms with Crippen LogP contribution < -0.4 is 0 Å². The predicted molar refractivity (Wildman–Crippen MR) is 67.4 cm³/mol. The van der Waals surface area contributed by atoms with Crippen molar-refractivity contribution in [1.29, 1.82) is 0 Å². The Morgan fingerprint density at radius 3 is 2.29 bits per heavy atom. The first-order chi connectivity index (χ1) is 7.84. The number of Topliss-reactive ketones (excluding diaryl/α,β-unsaturated/α-hetero) is 1. The molecule has 0 aromatic heterocycles. The lowest BCUT2D eigenvalue weighted by molar-refractivity contribution is -0.136. The summed E-state index contributed by atoms with van der Waals surface area (Å²) >= 11 is 17.7. The van der Waals surface area contributed by atoms with E-state index >= 15 is 0 Å². The molecule has 0 aliphatic heterocycles. The molecule has 0 fully saturated rings. The average Bonchev–Trinajstić information content (AvgIpc) is 2.28. The number of carbonyl (C=O) groups is 2. The second-order valence-electron chi connectivity index (χ2n) is 3.48. The van der Waals surface area contributed by atoms with Crippen LogP contribution in [0.4, 0.5) is 0 Å². The van der Waals surface area contributed by atoms with Crippen molar-refractivity contribution in [1.82, 2.24) is 0 Å². The standard InChI is InChI=1S/C11H9Cl3O3/c1-5-7(12)4-6(11(14)10(5)13)8(15)2-3-9(16)17/h4H,2-3H2,1H3,(H,16,17). The minimum atomic E-state index is -1.04. The van der Waals surface area contributed by atoms with E-state index in [4.69, 9.17) is 39.9 Å². The highest BCUT2D eigenvalue weighted by molar-refractivity contribution is 6.46. The zero-order valence-corrected chi connectivity index (χ0v) is 11.2. The van der Waals surface area contributed by atoms with Gasteiger partial charge in [-0.25, -0.2) is 0 Å². The molecule has 0 atom stereocenters. The van der Waals surface area contributed by atoms with Crippen LogP contribution in [0.5, 0.6) is 0 Å². The molecule has 0 bridgehead atoms. The third-order valence-electron chi connectivity index (χ3n) is 2.25. The Balaban J connectivity index is 3.06. The fourth-order valence-corrected chi connectivity index (χ4v) is 2.00. The molecule has 92 valence electrons. The van der Waals surface area contributed by atoms with Crippen LogP contribution in [0.15, 0.2) is 6.07 Å². The molecule has 1 N–H and O–H groups in total. The van der Waals surface area contributed by atoms with Gasteiger partial charge in [-0.1, -0.05) is 34.8 Å². The summed E-state index contributed by atoms with van der Waals surface area (Å²) in [6.07, 6.45) is -0.386. The fraction of sp³-hybridized carbons (Fsp3) is 0.273. The van der Waals surface area contributed by atoms with Crippen molar-refractivity contribution < 1.29 is 14.7 Å². The smallest absolute Gasteiger partial charge is 0.303 e. The molecule has 0 saturated carbocycles. The van der Waals surface area contributed by atoms with E-state index in [-0.39, 0.29) is 34.2 Å². The molecule has 1 aromatic carbocycles. The number of carboxylic acids is 1. The molecular weight excluding hydrogens is 286 g/mol. The molecule has 0 saturated heterocycles. The summed E-state index contributed by atoms with van der Waals surface area (Å²) in [6.45, 7) is 1.68.